The minimum atomic E-state index is -0.0709. The SMILES string of the molecule is O=Cc1c(O)n(-c2cccc(Cl)c2)c2ccccc12. The standard InChI is InChI=1S/C15H10ClNO2/c16-10-4-3-5-11(8-10)17-14-7-2-1-6-12(14)13(9-18)15(17)19/h1-9,19H. The Hall–Kier alpha value is -2.26. The number of hydrogen-bond donors (Lipinski definition) is 1. The molecule has 0 aliphatic rings. The lowest BCUT2D eigenvalue weighted by Crippen LogP contribution is -1.93. The number of para-hydroxylation sites is 1. The normalized spacial score (nSPS) is 10.8. The Balaban J connectivity index is 2.41. The third-order valence-electron chi connectivity index (χ3n) is 3.07. The molecule has 0 saturated heterocycles. The van der Waals surface area contributed by atoms with Gasteiger partial charge in [-0.05, 0) is 24.3 Å². The van der Waals surface area contributed by atoms with Gasteiger partial charge < -0.3 is 5.11 Å². The maximum absolute atomic E-state index is 11.2. The minimum absolute atomic E-state index is 0.0709. The van der Waals surface area contributed by atoms with Gasteiger partial charge in [0.25, 0.3) is 0 Å². The molecule has 0 bridgehead atoms. The van der Waals surface area contributed by atoms with Crippen LogP contribution in [0.2, 0.25) is 5.02 Å². The Kier molecular flexibility index (Phi) is 2.76. The number of hydrogen-bond acceptors (Lipinski definition) is 2. The summed E-state index contributed by atoms with van der Waals surface area (Å²) >= 11 is 5.97. The van der Waals surface area contributed by atoms with E-state index in [1.54, 1.807) is 28.8 Å². The summed E-state index contributed by atoms with van der Waals surface area (Å²) in [7, 11) is 0. The van der Waals surface area contributed by atoms with Crippen molar-refractivity contribution in [1.82, 2.24) is 4.57 Å². The zero-order valence-corrected chi connectivity index (χ0v) is 10.6. The first-order valence-electron chi connectivity index (χ1n) is 5.76. The molecule has 94 valence electrons. The summed E-state index contributed by atoms with van der Waals surface area (Å²) in [5.74, 6) is -0.0709. The van der Waals surface area contributed by atoms with Crippen molar-refractivity contribution in [3.63, 3.8) is 0 Å². The summed E-state index contributed by atoms with van der Waals surface area (Å²) in [6.07, 6.45) is 0.665. The molecule has 0 atom stereocenters. The van der Waals surface area contributed by atoms with Gasteiger partial charge in [0.2, 0.25) is 5.88 Å². The van der Waals surface area contributed by atoms with Crippen molar-refractivity contribution in [3.05, 3.63) is 59.1 Å². The van der Waals surface area contributed by atoms with Gasteiger partial charge in [-0.15, -0.1) is 0 Å². The lowest BCUT2D eigenvalue weighted by atomic mass is 10.2. The van der Waals surface area contributed by atoms with E-state index in [-0.39, 0.29) is 11.4 Å². The molecular formula is C15H10ClNO2. The Morgan fingerprint density at radius 3 is 2.63 bits per heavy atom. The van der Waals surface area contributed by atoms with E-state index >= 15 is 0 Å². The van der Waals surface area contributed by atoms with Crippen molar-refractivity contribution >= 4 is 28.8 Å². The first-order valence-corrected chi connectivity index (χ1v) is 6.13. The van der Waals surface area contributed by atoms with Crippen molar-refractivity contribution < 1.29 is 9.90 Å². The van der Waals surface area contributed by atoms with E-state index < -0.39 is 0 Å². The van der Waals surface area contributed by atoms with E-state index in [1.807, 2.05) is 24.3 Å². The topological polar surface area (TPSA) is 42.2 Å². The molecular weight excluding hydrogens is 262 g/mol. The molecule has 19 heavy (non-hydrogen) atoms. The number of benzene rings is 2. The highest BCUT2D eigenvalue weighted by Crippen LogP contribution is 2.33. The highest BCUT2D eigenvalue weighted by molar-refractivity contribution is 6.30. The van der Waals surface area contributed by atoms with Gasteiger partial charge >= 0.3 is 0 Å². The average molecular weight is 272 g/mol. The van der Waals surface area contributed by atoms with E-state index in [4.69, 9.17) is 11.6 Å². The van der Waals surface area contributed by atoms with Crippen LogP contribution in [-0.4, -0.2) is 16.0 Å². The monoisotopic (exact) mass is 271 g/mol. The number of carbonyl (C=O) groups excluding carboxylic acids is 1. The predicted molar refractivity (Wildman–Crippen MR) is 75.3 cm³/mol. The number of aldehydes is 1. The number of nitrogens with zero attached hydrogens (tertiary/aromatic N) is 1. The van der Waals surface area contributed by atoms with Crippen molar-refractivity contribution in [1.29, 1.82) is 0 Å². The highest BCUT2D eigenvalue weighted by Gasteiger charge is 2.16. The zero-order valence-electron chi connectivity index (χ0n) is 9.88. The van der Waals surface area contributed by atoms with Gasteiger partial charge in [-0.3, -0.25) is 9.36 Å². The Morgan fingerprint density at radius 2 is 1.89 bits per heavy atom. The highest BCUT2D eigenvalue weighted by atomic mass is 35.5. The van der Waals surface area contributed by atoms with Gasteiger partial charge in [0.05, 0.1) is 16.8 Å². The molecule has 1 heterocycles. The molecule has 0 saturated carbocycles. The second-order valence-corrected chi connectivity index (χ2v) is 4.62. The largest absolute Gasteiger partial charge is 0.494 e. The lowest BCUT2D eigenvalue weighted by molar-refractivity contribution is 0.112. The van der Waals surface area contributed by atoms with Crippen molar-refractivity contribution in [2.24, 2.45) is 0 Å². The van der Waals surface area contributed by atoms with Crippen molar-refractivity contribution in [2.45, 2.75) is 0 Å². The Labute approximate surface area is 114 Å². The van der Waals surface area contributed by atoms with Gasteiger partial charge in [-0.1, -0.05) is 35.9 Å². The van der Waals surface area contributed by atoms with Gasteiger partial charge in [0.1, 0.15) is 0 Å². The fourth-order valence-electron chi connectivity index (χ4n) is 2.24. The van der Waals surface area contributed by atoms with Crippen LogP contribution in [0.15, 0.2) is 48.5 Å². The molecule has 0 spiro atoms. The number of rotatable bonds is 2. The maximum atomic E-state index is 11.2. The number of fused-ring (bicyclic) bond motifs is 1. The van der Waals surface area contributed by atoms with E-state index in [0.29, 0.717) is 17.0 Å². The van der Waals surface area contributed by atoms with E-state index in [1.165, 1.54) is 0 Å². The first-order chi connectivity index (χ1) is 9.22. The number of carbonyl (C=O) groups is 1. The van der Waals surface area contributed by atoms with Crippen LogP contribution < -0.4 is 0 Å². The van der Waals surface area contributed by atoms with Crippen LogP contribution in [0.4, 0.5) is 0 Å². The molecule has 1 aromatic heterocycles. The molecule has 0 amide bonds. The molecule has 0 aliphatic heterocycles. The summed E-state index contributed by atoms with van der Waals surface area (Å²) in [6.45, 7) is 0. The summed E-state index contributed by atoms with van der Waals surface area (Å²) in [4.78, 5) is 11.2. The van der Waals surface area contributed by atoms with Crippen molar-refractivity contribution in [2.75, 3.05) is 0 Å². The van der Waals surface area contributed by atoms with Crippen LogP contribution in [0.25, 0.3) is 16.6 Å². The van der Waals surface area contributed by atoms with Crippen LogP contribution in [0.1, 0.15) is 10.4 Å². The van der Waals surface area contributed by atoms with Crippen LogP contribution in [0.3, 0.4) is 0 Å². The van der Waals surface area contributed by atoms with E-state index in [2.05, 4.69) is 0 Å². The second kappa shape index (κ2) is 4.44. The number of aromatic hydroxyl groups is 1. The molecule has 2 aromatic carbocycles. The molecule has 4 heteroatoms. The van der Waals surface area contributed by atoms with E-state index in [0.717, 1.165) is 10.9 Å². The van der Waals surface area contributed by atoms with Crippen LogP contribution in [0, 0.1) is 0 Å². The third-order valence-corrected chi connectivity index (χ3v) is 3.31. The zero-order chi connectivity index (χ0) is 13.4. The Bertz CT molecular complexity index is 777. The Morgan fingerprint density at radius 1 is 1.11 bits per heavy atom. The summed E-state index contributed by atoms with van der Waals surface area (Å²) in [5, 5.41) is 11.5. The molecule has 0 unspecified atom stereocenters. The molecule has 0 fully saturated rings. The smallest absolute Gasteiger partial charge is 0.207 e. The quantitative estimate of drug-likeness (QED) is 0.720. The average Bonchev–Trinajstić information content (AvgIpc) is 2.70. The fourth-order valence-corrected chi connectivity index (χ4v) is 2.43. The predicted octanol–water partition coefficient (Wildman–Crippen LogP) is 3.80. The van der Waals surface area contributed by atoms with Gasteiger partial charge in [-0.25, -0.2) is 0 Å². The lowest BCUT2D eigenvalue weighted by Gasteiger charge is -2.07. The number of halogens is 1. The summed E-state index contributed by atoms with van der Waals surface area (Å²) in [6, 6.07) is 14.5. The van der Waals surface area contributed by atoms with Gasteiger partial charge in [0, 0.05) is 10.4 Å². The molecule has 3 aromatic rings. The maximum Gasteiger partial charge on any atom is 0.207 e. The summed E-state index contributed by atoms with van der Waals surface area (Å²) in [5.41, 5.74) is 1.77. The molecule has 0 radical (unpaired) electrons. The molecule has 3 rings (SSSR count). The van der Waals surface area contributed by atoms with Crippen LogP contribution >= 0.6 is 11.6 Å². The third kappa shape index (κ3) is 1.79. The van der Waals surface area contributed by atoms with Crippen molar-refractivity contribution in [3.8, 4) is 11.6 Å². The van der Waals surface area contributed by atoms with Crippen LogP contribution in [0.5, 0.6) is 5.88 Å². The summed E-state index contributed by atoms with van der Waals surface area (Å²) < 4.78 is 1.62. The fraction of sp³-hybridized carbons (Fsp3) is 0. The number of aromatic nitrogens is 1. The van der Waals surface area contributed by atoms with E-state index in [9.17, 15) is 9.90 Å². The molecule has 0 aliphatic carbocycles. The minimum Gasteiger partial charge on any atom is -0.494 e. The molecule has 3 nitrogen and oxygen atoms in total. The van der Waals surface area contributed by atoms with Gasteiger partial charge in [0.15, 0.2) is 6.29 Å². The van der Waals surface area contributed by atoms with Crippen LogP contribution in [-0.2, 0) is 0 Å². The van der Waals surface area contributed by atoms with Gasteiger partial charge in [-0.2, -0.15) is 0 Å². The second-order valence-electron chi connectivity index (χ2n) is 4.19. The first kappa shape index (κ1) is 11.8. The molecule has 1 N–H and O–H groups in total.